The first kappa shape index (κ1) is 18.8. The summed E-state index contributed by atoms with van der Waals surface area (Å²) in [5, 5.41) is 2.94. The molecular formula is C18H23ClN2O2. The molecule has 0 fully saturated rings. The van der Waals surface area contributed by atoms with Gasteiger partial charge in [0.2, 0.25) is 5.91 Å². The zero-order chi connectivity index (χ0) is 15.9. The van der Waals surface area contributed by atoms with Gasteiger partial charge in [-0.15, -0.1) is 12.4 Å². The molecule has 3 N–H and O–H groups in total. The quantitative estimate of drug-likeness (QED) is 0.798. The summed E-state index contributed by atoms with van der Waals surface area (Å²) in [5.41, 5.74) is 9.58. The van der Waals surface area contributed by atoms with Crippen molar-refractivity contribution in [3.8, 4) is 5.75 Å². The molecule has 0 aliphatic heterocycles. The lowest BCUT2D eigenvalue weighted by Gasteiger charge is -2.10. The van der Waals surface area contributed by atoms with Crippen LogP contribution in [0, 0.1) is 6.92 Å². The van der Waals surface area contributed by atoms with Gasteiger partial charge in [0.05, 0.1) is 13.5 Å². The highest BCUT2D eigenvalue weighted by atomic mass is 35.5. The van der Waals surface area contributed by atoms with Gasteiger partial charge in [0.15, 0.2) is 0 Å². The van der Waals surface area contributed by atoms with E-state index in [-0.39, 0.29) is 18.3 Å². The molecule has 0 aliphatic carbocycles. The van der Waals surface area contributed by atoms with Gasteiger partial charge in [-0.2, -0.15) is 0 Å². The van der Waals surface area contributed by atoms with E-state index in [4.69, 9.17) is 10.5 Å². The maximum absolute atomic E-state index is 11.9. The number of nitrogen functional groups attached to an aromatic ring is 1. The van der Waals surface area contributed by atoms with Crippen LogP contribution in [-0.2, 0) is 17.6 Å². The molecule has 0 heterocycles. The minimum atomic E-state index is 0. The number of benzene rings is 2. The van der Waals surface area contributed by atoms with Gasteiger partial charge >= 0.3 is 0 Å². The molecule has 4 nitrogen and oxygen atoms in total. The van der Waals surface area contributed by atoms with E-state index in [0.29, 0.717) is 18.7 Å². The third-order valence-electron chi connectivity index (χ3n) is 3.50. The van der Waals surface area contributed by atoms with Crippen molar-refractivity contribution < 1.29 is 9.53 Å². The lowest BCUT2D eigenvalue weighted by molar-refractivity contribution is -0.120. The van der Waals surface area contributed by atoms with E-state index in [9.17, 15) is 4.79 Å². The summed E-state index contributed by atoms with van der Waals surface area (Å²) < 4.78 is 5.34. The van der Waals surface area contributed by atoms with Crippen LogP contribution in [0.25, 0.3) is 0 Å². The van der Waals surface area contributed by atoms with E-state index in [0.717, 1.165) is 23.3 Å². The van der Waals surface area contributed by atoms with Crippen molar-refractivity contribution >= 4 is 24.0 Å². The topological polar surface area (TPSA) is 64.3 Å². The van der Waals surface area contributed by atoms with Gasteiger partial charge in [-0.3, -0.25) is 4.79 Å². The van der Waals surface area contributed by atoms with Gasteiger partial charge in [-0.05, 0) is 42.7 Å². The Balaban J connectivity index is 0.00000264. The van der Waals surface area contributed by atoms with E-state index in [1.54, 1.807) is 19.2 Å². The standard InChI is InChI=1S/C18H22N2O2.ClH/c1-13-3-8-17(22-2)15(11-13)9-10-20-18(21)12-14-4-6-16(19)7-5-14;/h3-8,11H,9-10,12,19H2,1-2H3,(H,20,21);1H. The zero-order valence-electron chi connectivity index (χ0n) is 13.5. The van der Waals surface area contributed by atoms with E-state index in [1.165, 1.54) is 5.56 Å². The number of carbonyl (C=O) groups is 1. The number of aryl methyl sites for hydroxylation is 1. The number of hydrogen-bond acceptors (Lipinski definition) is 3. The highest BCUT2D eigenvalue weighted by Gasteiger charge is 2.06. The number of anilines is 1. The second kappa shape index (κ2) is 9.06. The largest absolute Gasteiger partial charge is 0.496 e. The van der Waals surface area contributed by atoms with Gasteiger partial charge in [-0.1, -0.05) is 29.8 Å². The Morgan fingerprint density at radius 1 is 1.17 bits per heavy atom. The van der Waals surface area contributed by atoms with Crippen LogP contribution in [0.4, 0.5) is 5.69 Å². The first-order valence-corrected chi connectivity index (χ1v) is 7.33. The first-order valence-electron chi connectivity index (χ1n) is 7.33. The van der Waals surface area contributed by atoms with Gasteiger partial charge in [-0.25, -0.2) is 0 Å². The van der Waals surface area contributed by atoms with Crippen molar-refractivity contribution in [1.29, 1.82) is 0 Å². The lowest BCUT2D eigenvalue weighted by Crippen LogP contribution is -2.27. The molecule has 0 aliphatic rings. The molecule has 124 valence electrons. The van der Waals surface area contributed by atoms with E-state index < -0.39 is 0 Å². The maximum atomic E-state index is 11.9. The molecule has 2 aromatic carbocycles. The Hall–Kier alpha value is -2.20. The van der Waals surface area contributed by atoms with Crippen LogP contribution in [0.3, 0.4) is 0 Å². The van der Waals surface area contributed by atoms with E-state index in [2.05, 4.69) is 11.4 Å². The Labute approximate surface area is 143 Å². The summed E-state index contributed by atoms with van der Waals surface area (Å²) in [6.45, 7) is 2.64. The summed E-state index contributed by atoms with van der Waals surface area (Å²) in [4.78, 5) is 11.9. The molecule has 0 unspecified atom stereocenters. The van der Waals surface area contributed by atoms with Gasteiger partial charge in [0.1, 0.15) is 5.75 Å². The second-order valence-electron chi connectivity index (χ2n) is 5.33. The zero-order valence-corrected chi connectivity index (χ0v) is 14.3. The third kappa shape index (κ3) is 5.83. The molecule has 2 aromatic rings. The average Bonchev–Trinajstić information content (AvgIpc) is 2.50. The molecule has 0 aromatic heterocycles. The summed E-state index contributed by atoms with van der Waals surface area (Å²) in [5.74, 6) is 0.870. The molecule has 1 amide bonds. The van der Waals surface area contributed by atoms with Crippen LogP contribution in [0.15, 0.2) is 42.5 Å². The minimum Gasteiger partial charge on any atom is -0.496 e. The van der Waals surface area contributed by atoms with Gasteiger partial charge in [0.25, 0.3) is 0 Å². The molecule has 0 spiro atoms. The molecule has 23 heavy (non-hydrogen) atoms. The Kier molecular flexibility index (Phi) is 7.42. The Bertz CT molecular complexity index is 642. The molecule has 0 atom stereocenters. The number of methoxy groups -OCH3 is 1. The van der Waals surface area contributed by atoms with Gasteiger partial charge in [0, 0.05) is 12.2 Å². The number of carbonyl (C=O) groups excluding carboxylic acids is 1. The maximum Gasteiger partial charge on any atom is 0.224 e. The highest BCUT2D eigenvalue weighted by molar-refractivity contribution is 5.85. The second-order valence-corrected chi connectivity index (χ2v) is 5.33. The summed E-state index contributed by atoms with van der Waals surface area (Å²) >= 11 is 0. The van der Waals surface area contributed by atoms with Crippen LogP contribution in [0.2, 0.25) is 0 Å². The van der Waals surface area contributed by atoms with Crippen LogP contribution in [0.1, 0.15) is 16.7 Å². The monoisotopic (exact) mass is 334 g/mol. The van der Waals surface area contributed by atoms with Gasteiger partial charge < -0.3 is 15.8 Å². The fourth-order valence-electron chi connectivity index (χ4n) is 2.32. The number of hydrogen-bond donors (Lipinski definition) is 2. The van der Waals surface area contributed by atoms with Crippen LogP contribution >= 0.6 is 12.4 Å². The van der Waals surface area contributed by atoms with E-state index in [1.807, 2.05) is 31.2 Å². The smallest absolute Gasteiger partial charge is 0.224 e. The van der Waals surface area contributed by atoms with Crippen molar-refractivity contribution in [2.24, 2.45) is 0 Å². The Morgan fingerprint density at radius 2 is 1.87 bits per heavy atom. The number of ether oxygens (including phenoxy) is 1. The van der Waals surface area contributed by atoms with Crippen molar-refractivity contribution in [3.05, 3.63) is 59.2 Å². The predicted molar refractivity (Wildman–Crippen MR) is 96.3 cm³/mol. The summed E-state index contributed by atoms with van der Waals surface area (Å²) in [6, 6.07) is 13.4. The lowest BCUT2D eigenvalue weighted by atomic mass is 10.1. The first-order chi connectivity index (χ1) is 10.6. The van der Waals surface area contributed by atoms with Crippen molar-refractivity contribution in [2.75, 3.05) is 19.4 Å². The number of halogens is 1. The van der Waals surface area contributed by atoms with Crippen LogP contribution in [0.5, 0.6) is 5.75 Å². The normalized spacial score (nSPS) is 9.83. The molecule has 0 bridgehead atoms. The van der Waals surface area contributed by atoms with Crippen molar-refractivity contribution in [1.82, 2.24) is 5.32 Å². The molecule has 0 saturated carbocycles. The molecule has 5 heteroatoms. The number of nitrogens with one attached hydrogen (secondary N) is 1. The van der Waals surface area contributed by atoms with Crippen molar-refractivity contribution in [3.63, 3.8) is 0 Å². The molecule has 0 saturated heterocycles. The average molecular weight is 335 g/mol. The van der Waals surface area contributed by atoms with Crippen LogP contribution in [-0.4, -0.2) is 19.6 Å². The molecule has 0 radical (unpaired) electrons. The predicted octanol–water partition coefficient (Wildman–Crippen LogP) is 2.91. The molecular weight excluding hydrogens is 312 g/mol. The third-order valence-corrected chi connectivity index (χ3v) is 3.50. The van der Waals surface area contributed by atoms with E-state index >= 15 is 0 Å². The number of nitrogens with two attached hydrogens (primary N) is 1. The van der Waals surface area contributed by atoms with Crippen molar-refractivity contribution in [2.45, 2.75) is 19.8 Å². The number of amides is 1. The minimum absolute atomic E-state index is 0. The fourth-order valence-corrected chi connectivity index (χ4v) is 2.32. The highest BCUT2D eigenvalue weighted by Crippen LogP contribution is 2.19. The number of rotatable bonds is 6. The van der Waals surface area contributed by atoms with Crippen LogP contribution < -0.4 is 15.8 Å². The summed E-state index contributed by atoms with van der Waals surface area (Å²) in [6.07, 6.45) is 1.11. The fraction of sp³-hybridized carbons (Fsp3) is 0.278. The Morgan fingerprint density at radius 3 is 2.52 bits per heavy atom. The molecule has 2 rings (SSSR count). The summed E-state index contributed by atoms with van der Waals surface area (Å²) in [7, 11) is 1.66. The SMILES string of the molecule is COc1ccc(C)cc1CCNC(=O)Cc1ccc(N)cc1.Cl.